The molecule has 1 aromatic carbocycles. The van der Waals surface area contributed by atoms with Crippen molar-refractivity contribution in [3.63, 3.8) is 0 Å². The van der Waals surface area contributed by atoms with Crippen molar-refractivity contribution in [1.82, 2.24) is 9.88 Å². The maximum Gasteiger partial charge on any atom is 0.0617 e. The number of H-pyrrole nitrogens is 1. The standard InChI is InChI=1S/C20H26Br2N2S/c1-4-5-24-9-12(10-25-3)6-14-15-7-16(21)19(22)20-18(15)13(8-17(14)24)11(2)23-20/h7,12,14,17,23H,4-6,8-10H2,1-3H3/t12-,14-,17-/m1/s1. The van der Waals surface area contributed by atoms with E-state index in [9.17, 15) is 0 Å². The quantitative estimate of drug-likeness (QED) is 0.563. The van der Waals surface area contributed by atoms with Crippen molar-refractivity contribution in [3.8, 4) is 0 Å². The van der Waals surface area contributed by atoms with Gasteiger partial charge in [0.1, 0.15) is 0 Å². The molecule has 1 fully saturated rings. The van der Waals surface area contributed by atoms with Crippen LogP contribution >= 0.6 is 43.6 Å². The van der Waals surface area contributed by atoms with Gasteiger partial charge in [-0.25, -0.2) is 0 Å². The molecule has 1 aliphatic heterocycles. The third kappa shape index (κ3) is 3.03. The molecule has 2 aliphatic rings. The van der Waals surface area contributed by atoms with E-state index >= 15 is 0 Å². The molecule has 25 heavy (non-hydrogen) atoms. The van der Waals surface area contributed by atoms with Crippen molar-refractivity contribution in [1.29, 1.82) is 0 Å². The van der Waals surface area contributed by atoms with Gasteiger partial charge in [0.05, 0.1) is 9.99 Å². The highest BCUT2D eigenvalue weighted by molar-refractivity contribution is 9.13. The number of nitrogens with one attached hydrogen (secondary N) is 1. The van der Waals surface area contributed by atoms with Gasteiger partial charge in [-0.05, 0) is 99.7 Å². The van der Waals surface area contributed by atoms with Crippen LogP contribution in [0.5, 0.6) is 0 Å². The number of hydrogen-bond donors (Lipinski definition) is 1. The van der Waals surface area contributed by atoms with Crippen molar-refractivity contribution in [2.75, 3.05) is 25.1 Å². The summed E-state index contributed by atoms with van der Waals surface area (Å²) in [5.41, 5.74) is 5.73. The van der Waals surface area contributed by atoms with E-state index in [-0.39, 0.29) is 0 Å². The lowest BCUT2D eigenvalue weighted by atomic mass is 9.72. The first-order valence-electron chi connectivity index (χ1n) is 9.27. The predicted octanol–water partition coefficient (Wildman–Crippen LogP) is 6.10. The minimum Gasteiger partial charge on any atom is -0.357 e. The average Bonchev–Trinajstić information content (AvgIpc) is 2.91. The molecular formula is C20H26Br2N2S. The second-order valence-corrected chi connectivity index (χ2v) is 10.2. The molecule has 136 valence electrons. The maximum atomic E-state index is 3.79. The molecule has 0 unspecified atom stereocenters. The number of thioether (sulfide) groups is 1. The first kappa shape index (κ1) is 18.4. The summed E-state index contributed by atoms with van der Waals surface area (Å²) in [5, 5.41) is 1.50. The molecule has 0 amide bonds. The van der Waals surface area contributed by atoms with Crippen LogP contribution in [-0.2, 0) is 6.42 Å². The van der Waals surface area contributed by atoms with E-state index in [1.54, 1.807) is 11.1 Å². The minimum absolute atomic E-state index is 0.659. The van der Waals surface area contributed by atoms with E-state index in [4.69, 9.17) is 0 Å². The predicted molar refractivity (Wildman–Crippen MR) is 117 cm³/mol. The molecule has 2 aromatic rings. The van der Waals surface area contributed by atoms with Gasteiger partial charge in [0.15, 0.2) is 0 Å². The van der Waals surface area contributed by atoms with Crippen molar-refractivity contribution >= 4 is 54.5 Å². The SMILES string of the molecule is CCCN1C[C@H](CSC)C[C@@H]2c3cc(Br)c(Br)c4[nH]c(C)c(c34)C[C@H]21. The lowest BCUT2D eigenvalue weighted by Gasteiger charge is -2.47. The van der Waals surface area contributed by atoms with E-state index in [1.165, 1.54) is 63.6 Å². The average molecular weight is 486 g/mol. The molecule has 2 heterocycles. The van der Waals surface area contributed by atoms with Gasteiger partial charge in [-0.3, -0.25) is 4.90 Å². The number of halogens is 2. The fourth-order valence-electron chi connectivity index (χ4n) is 5.11. The van der Waals surface area contributed by atoms with Crippen LogP contribution in [0, 0.1) is 12.8 Å². The summed E-state index contributed by atoms with van der Waals surface area (Å²) >= 11 is 9.58. The van der Waals surface area contributed by atoms with E-state index in [0.717, 1.165) is 5.92 Å². The Hall–Kier alpha value is 0.0300. The molecule has 1 N–H and O–H groups in total. The first-order valence-corrected chi connectivity index (χ1v) is 12.2. The summed E-state index contributed by atoms with van der Waals surface area (Å²) in [4.78, 5) is 6.46. The third-order valence-electron chi connectivity index (χ3n) is 6.06. The van der Waals surface area contributed by atoms with Gasteiger partial charge in [0, 0.05) is 34.1 Å². The van der Waals surface area contributed by atoms with Crippen LogP contribution in [0.2, 0.25) is 0 Å². The summed E-state index contributed by atoms with van der Waals surface area (Å²) in [6.45, 7) is 7.06. The smallest absolute Gasteiger partial charge is 0.0617 e. The zero-order valence-electron chi connectivity index (χ0n) is 15.2. The topological polar surface area (TPSA) is 19.0 Å². The molecule has 0 bridgehead atoms. The van der Waals surface area contributed by atoms with Gasteiger partial charge in [0.25, 0.3) is 0 Å². The highest BCUT2D eigenvalue weighted by Gasteiger charge is 2.41. The minimum atomic E-state index is 0.659. The number of aryl methyl sites for hydroxylation is 1. The Labute approximate surface area is 171 Å². The Bertz CT molecular complexity index is 801. The lowest BCUT2D eigenvalue weighted by molar-refractivity contribution is 0.0925. The summed E-state index contributed by atoms with van der Waals surface area (Å²) < 4.78 is 2.35. The van der Waals surface area contributed by atoms with Gasteiger partial charge in [-0.1, -0.05) is 6.92 Å². The monoisotopic (exact) mass is 484 g/mol. The molecule has 0 saturated carbocycles. The second kappa shape index (κ2) is 7.21. The van der Waals surface area contributed by atoms with E-state index in [0.29, 0.717) is 12.0 Å². The molecule has 1 aromatic heterocycles. The van der Waals surface area contributed by atoms with Crippen LogP contribution in [0.15, 0.2) is 15.0 Å². The number of aromatic nitrogens is 1. The molecule has 4 rings (SSSR count). The number of nitrogens with zero attached hydrogens (tertiary/aromatic N) is 1. The summed E-state index contributed by atoms with van der Waals surface area (Å²) in [6, 6.07) is 3.06. The summed E-state index contributed by atoms with van der Waals surface area (Å²) in [5.74, 6) is 2.75. The number of likely N-dealkylation sites (tertiary alicyclic amines) is 1. The Morgan fingerprint density at radius 3 is 2.88 bits per heavy atom. The number of piperidine rings is 1. The van der Waals surface area contributed by atoms with Crippen molar-refractivity contribution < 1.29 is 0 Å². The van der Waals surface area contributed by atoms with E-state index in [2.05, 4.69) is 67.9 Å². The fraction of sp³-hybridized carbons (Fsp3) is 0.600. The van der Waals surface area contributed by atoms with Crippen LogP contribution in [0.4, 0.5) is 0 Å². The Kier molecular flexibility index (Phi) is 5.31. The Morgan fingerprint density at radius 2 is 2.16 bits per heavy atom. The van der Waals surface area contributed by atoms with Crippen LogP contribution in [-0.4, -0.2) is 41.0 Å². The number of hydrogen-bond acceptors (Lipinski definition) is 2. The van der Waals surface area contributed by atoms with E-state index < -0.39 is 0 Å². The van der Waals surface area contributed by atoms with Crippen LogP contribution < -0.4 is 0 Å². The third-order valence-corrected chi connectivity index (χ3v) is 8.84. The molecule has 2 nitrogen and oxygen atoms in total. The van der Waals surface area contributed by atoms with Crippen LogP contribution in [0.3, 0.4) is 0 Å². The normalized spacial score (nSPS) is 26.2. The molecular weight excluding hydrogens is 460 g/mol. The highest BCUT2D eigenvalue weighted by Crippen LogP contribution is 2.49. The van der Waals surface area contributed by atoms with Crippen LogP contribution in [0.1, 0.15) is 42.5 Å². The second-order valence-electron chi connectivity index (χ2n) is 7.67. The van der Waals surface area contributed by atoms with E-state index in [1.807, 2.05) is 11.8 Å². The highest BCUT2D eigenvalue weighted by atomic mass is 79.9. The van der Waals surface area contributed by atoms with Gasteiger partial charge in [-0.2, -0.15) is 11.8 Å². The molecule has 3 atom stereocenters. The molecule has 0 spiro atoms. The van der Waals surface area contributed by atoms with Crippen molar-refractivity contribution in [2.24, 2.45) is 5.92 Å². The Morgan fingerprint density at radius 1 is 1.36 bits per heavy atom. The Balaban J connectivity index is 1.85. The van der Waals surface area contributed by atoms with Gasteiger partial charge >= 0.3 is 0 Å². The lowest BCUT2D eigenvalue weighted by Crippen LogP contribution is -2.50. The van der Waals surface area contributed by atoms with Gasteiger partial charge in [-0.15, -0.1) is 0 Å². The number of fused-ring (bicyclic) bond motifs is 2. The molecule has 1 saturated heterocycles. The maximum absolute atomic E-state index is 3.79. The molecule has 0 radical (unpaired) electrons. The zero-order valence-corrected chi connectivity index (χ0v) is 19.2. The summed E-state index contributed by atoms with van der Waals surface area (Å²) in [6.07, 6.45) is 6.02. The first-order chi connectivity index (χ1) is 12.0. The number of benzene rings is 1. The van der Waals surface area contributed by atoms with Gasteiger partial charge in [0.2, 0.25) is 0 Å². The summed E-state index contributed by atoms with van der Waals surface area (Å²) in [7, 11) is 0. The number of aromatic amines is 1. The largest absolute Gasteiger partial charge is 0.357 e. The van der Waals surface area contributed by atoms with Crippen LogP contribution in [0.25, 0.3) is 10.9 Å². The molecule has 5 heteroatoms. The zero-order chi connectivity index (χ0) is 17.7. The fourth-order valence-corrected chi connectivity index (χ4v) is 6.68. The number of rotatable bonds is 4. The van der Waals surface area contributed by atoms with Gasteiger partial charge < -0.3 is 4.98 Å². The van der Waals surface area contributed by atoms with Crippen molar-refractivity contribution in [3.05, 3.63) is 31.8 Å². The van der Waals surface area contributed by atoms with Crippen molar-refractivity contribution in [2.45, 2.75) is 45.1 Å². The molecule has 1 aliphatic carbocycles.